The van der Waals surface area contributed by atoms with Crippen molar-refractivity contribution in [3.63, 3.8) is 0 Å². The summed E-state index contributed by atoms with van der Waals surface area (Å²) in [5.41, 5.74) is 3.93. The van der Waals surface area contributed by atoms with Crippen LogP contribution in [-0.2, 0) is 0 Å². The first-order valence-corrected chi connectivity index (χ1v) is 6.01. The average Bonchev–Trinajstić information content (AvgIpc) is 3.22. The number of hydrogen-bond acceptors (Lipinski definition) is 5. The Morgan fingerprint density at radius 2 is 1.67 bits per heavy atom. The van der Waals surface area contributed by atoms with Gasteiger partial charge in [0.05, 0.1) is 21.3 Å². The molecule has 1 aliphatic rings. The second-order valence-electron chi connectivity index (χ2n) is 4.44. The Kier molecular flexibility index (Phi) is 3.93. The van der Waals surface area contributed by atoms with Gasteiger partial charge in [0.1, 0.15) is 0 Å². The van der Waals surface area contributed by atoms with E-state index in [1.807, 2.05) is 12.1 Å². The maximum absolute atomic E-state index is 5.64. The van der Waals surface area contributed by atoms with Crippen LogP contribution in [0.15, 0.2) is 12.1 Å². The van der Waals surface area contributed by atoms with E-state index in [0.29, 0.717) is 23.2 Å². The van der Waals surface area contributed by atoms with E-state index in [9.17, 15) is 0 Å². The van der Waals surface area contributed by atoms with E-state index in [1.165, 1.54) is 12.8 Å². The topological polar surface area (TPSA) is 65.7 Å². The van der Waals surface area contributed by atoms with Crippen molar-refractivity contribution in [1.82, 2.24) is 5.43 Å². The van der Waals surface area contributed by atoms with E-state index in [1.54, 1.807) is 21.3 Å². The number of ether oxygens (including phenoxy) is 3. The Morgan fingerprint density at radius 3 is 2.00 bits per heavy atom. The minimum absolute atomic E-state index is 0.138. The highest BCUT2D eigenvalue weighted by atomic mass is 16.5. The van der Waals surface area contributed by atoms with Gasteiger partial charge in [-0.15, -0.1) is 0 Å². The Bertz CT molecular complexity index is 394. The second kappa shape index (κ2) is 5.46. The maximum atomic E-state index is 5.64. The van der Waals surface area contributed by atoms with Crippen molar-refractivity contribution in [3.05, 3.63) is 17.7 Å². The van der Waals surface area contributed by atoms with Crippen molar-refractivity contribution in [1.29, 1.82) is 0 Å². The largest absolute Gasteiger partial charge is 0.493 e. The first-order valence-electron chi connectivity index (χ1n) is 6.01. The normalized spacial score (nSPS) is 16.2. The minimum Gasteiger partial charge on any atom is -0.493 e. The van der Waals surface area contributed by atoms with Crippen molar-refractivity contribution in [3.8, 4) is 17.2 Å². The molecule has 0 aliphatic heterocycles. The van der Waals surface area contributed by atoms with E-state index in [2.05, 4.69) is 5.43 Å². The van der Waals surface area contributed by atoms with Gasteiger partial charge >= 0.3 is 0 Å². The third-order valence-corrected chi connectivity index (χ3v) is 3.32. The monoisotopic (exact) mass is 252 g/mol. The highest BCUT2D eigenvalue weighted by Crippen LogP contribution is 2.45. The number of hydrogen-bond donors (Lipinski definition) is 2. The third kappa shape index (κ3) is 2.37. The van der Waals surface area contributed by atoms with Gasteiger partial charge in [-0.05, 0) is 36.5 Å². The van der Waals surface area contributed by atoms with Crippen LogP contribution >= 0.6 is 0 Å². The molecule has 1 unspecified atom stereocenters. The van der Waals surface area contributed by atoms with Crippen molar-refractivity contribution >= 4 is 0 Å². The maximum Gasteiger partial charge on any atom is 0.203 e. The number of hydrazine groups is 1. The molecule has 1 aliphatic carbocycles. The molecular formula is C13H20N2O3. The smallest absolute Gasteiger partial charge is 0.203 e. The van der Waals surface area contributed by atoms with Crippen molar-refractivity contribution < 1.29 is 14.2 Å². The minimum atomic E-state index is 0.138. The van der Waals surface area contributed by atoms with Crippen LogP contribution in [0, 0.1) is 5.92 Å². The van der Waals surface area contributed by atoms with Gasteiger partial charge in [-0.2, -0.15) is 0 Å². The summed E-state index contributed by atoms with van der Waals surface area (Å²) < 4.78 is 16.0. The number of methoxy groups -OCH3 is 3. The summed E-state index contributed by atoms with van der Waals surface area (Å²) in [6.07, 6.45) is 2.40. The molecule has 1 aromatic rings. The van der Waals surface area contributed by atoms with Gasteiger partial charge in [0, 0.05) is 6.04 Å². The molecule has 0 radical (unpaired) electrons. The predicted molar refractivity (Wildman–Crippen MR) is 68.9 cm³/mol. The molecule has 0 aromatic heterocycles. The van der Waals surface area contributed by atoms with Crippen LogP contribution in [0.4, 0.5) is 0 Å². The first-order chi connectivity index (χ1) is 8.74. The van der Waals surface area contributed by atoms with Crippen LogP contribution in [0.5, 0.6) is 17.2 Å². The predicted octanol–water partition coefficient (Wildman–Crippen LogP) is 1.63. The fourth-order valence-electron chi connectivity index (χ4n) is 2.21. The zero-order valence-corrected chi connectivity index (χ0v) is 11.0. The van der Waals surface area contributed by atoms with Gasteiger partial charge in [-0.3, -0.25) is 11.3 Å². The van der Waals surface area contributed by atoms with Crippen molar-refractivity contribution in [2.45, 2.75) is 18.9 Å². The van der Waals surface area contributed by atoms with Crippen molar-refractivity contribution in [2.24, 2.45) is 11.8 Å². The molecule has 1 aromatic carbocycles. The van der Waals surface area contributed by atoms with Crippen LogP contribution in [0.3, 0.4) is 0 Å². The van der Waals surface area contributed by atoms with Crippen LogP contribution in [0.25, 0.3) is 0 Å². The van der Waals surface area contributed by atoms with Gasteiger partial charge in [-0.1, -0.05) is 0 Å². The molecule has 5 heteroatoms. The summed E-state index contributed by atoms with van der Waals surface area (Å²) >= 11 is 0. The highest BCUT2D eigenvalue weighted by Gasteiger charge is 2.32. The zero-order chi connectivity index (χ0) is 13.1. The van der Waals surface area contributed by atoms with E-state index < -0.39 is 0 Å². The number of nitrogens with one attached hydrogen (secondary N) is 1. The standard InChI is InChI=1S/C13H20N2O3/c1-16-10-6-9(12(15-14)8-4-5-8)7-11(17-2)13(10)18-3/h6-8,12,15H,4-5,14H2,1-3H3. The quantitative estimate of drug-likeness (QED) is 0.595. The lowest BCUT2D eigenvalue weighted by Crippen LogP contribution is -2.29. The van der Waals surface area contributed by atoms with Crippen LogP contribution in [0.1, 0.15) is 24.4 Å². The van der Waals surface area contributed by atoms with E-state index in [0.717, 1.165) is 5.56 Å². The van der Waals surface area contributed by atoms with Gasteiger partial charge in [0.25, 0.3) is 0 Å². The SMILES string of the molecule is COc1cc(C(NN)C2CC2)cc(OC)c1OC. The van der Waals surface area contributed by atoms with Gasteiger partial charge in [0.15, 0.2) is 11.5 Å². The lowest BCUT2D eigenvalue weighted by molar-refractivity contribution is 0.322. The van der Waals surface area contributed by atoms with Crippen molar-refractivity contribution in [2.75, 3.05) is 21.3 Å². The molecule has 2 rings (SSSR count). The molecule has 1 fully saturated rings. The zero-order valence-electron chi connectivity index (χ0n) is 11.0. The summed E-state index contributed by atoms with van der Waals surface area (Å²) in [6, 6.07) is 4.03. The molecule has 0 bridgehead atoms. The lowest BCUT2D eigenvalue weighted by atomic mass is 10.0. The fraction of sp³-hybridized carbons (Fsp3) is 0.538. The number of nitrogens with two attached hydrogens (primary N) is 1. The van der Waals surface area contributed by atoms with E-state index in [4.69, 9.17) is 20.1 Å². The Labute approximate surface area is 107 Å². The molecule has 0 amide bonds. The summed E-state index contributed by atoms with van der Waals surface area (Å²) in [6.45, 7) is 0. The molecule has 0 spiro atoms. The highest BCUT2D eigenvalue weighted by molar-refractivity contribution is 5.54. The Morgan fingerprint density at radius 1 is 1.11 bits per heavy atom. The molecule has 0 saturated heterocycles. The second-order valence-corrected chi connectivity index (χ2v) is 4.44. The Balaban J connectivity index is 2.41. The summed E-state index contributed by atoms with van der Waals surface area (Å²) in [7, 11) is 4.83. The third-order valence-electron chi connectivity index (χ3n) is 3.32. The molecule has 0 heterocycles. The van der Waals surface area contributed by atoms with Crippen LogP contribution < -0.4 is 25.5 Å². The van der Waals surface area contributed by atoms with Gasteiger partial charge < -0.3 is 14.2 Å². The van der Waals surface area contributed by atoms with Gasteiger partial charge in [-0.25, -0.2) is 0 Å². The number of rotatable bonds is 6. The summed E-state index contributed by atoms with van der Waals surface area (Å²) in [4.78, 5) is 0. The van der Waals surface area contributed by atoms with E-state index in [-0.39, 0.29) is 6.04 Å². The molecular weight excluding hydrogens is 232 g/mol. The van der Waals surface area contributed by atoms with E-state index >= 15 is 0 Å². The molecule has 3 N–H and O–H groups in total. The van der Waals surface area contributed by atoms with Gasteiger partial charge in [0.2, 0.25) is 5.75 Å². The molecule has 100 valence electrons. The summed E-state index contributed by atoms with van der Waals surface area (Å²) in [5.74, 6) is 8.16. The fourth-order valence-corrected chi connectivity index (χ4v) is 2.21. The first kappa shape index (κ1) is 13.0. The molecule has 5 nitrogen and oxygen atoms in total. The lowest BCUT2D eigenvalue weighted by Gasteiger charge is -2.19. The van der Waals surface area contributed by atoms with Crippen LogP contribution in [0.2, 0.25) is 0 Å². The van der Waals surface area contributed by atoms with Crippen LogP contribution in [-0.4, -0.2) is 21.3 Å². The summed E-state index contributed by atoms with van der Waals surface area (Å²) in [5, 5.41) is 0. The molecule has 1 atom stereocenters. The average molecular weight is 252 g/mol. The number of benzene rings is 1. The molecule has 18 heavy (non-hydrogen) atoms. The molecule has 1 saturated carbocycles. The Hall–Kier alpha value is -1.46.